The van der Waals surface area contributed by atoms with Crippen molar-refractivity contribution in [3.8, 4) is 0 Å². The summed E-state index contributed by atoms with van der Waals surface area (Å²) < 4.78 is 0. The van der Waals surface area contributed by atoms with Crippen LogP contribution in [0.15, 0.2) is 24.3 Å². The SMILES string of the molecule is O=C(O)c1ccc(CN2CC3(CNC3)CC2=O)cc1. The van der Waals surface area contributed by atoms with Crippen molar-refractivity contribution >= 4 is 11.9 Å². The lowest BCUT2D eigenvalue weighted by Crippen LogP contribution is -2.54. The van der Waals surface area contributed by atoms with Crippen molar-refractivity contribution in [2.45, 2.75) is 13.0 Å². The minimum atomic E-state index is -0.928. The van der Waals surface area contributed by atoms with Crippen molar-refractivity contribution in [1.82, 2.24) is 10.2 Å². The molecule has 0 bridgehead atoms. The molecular formula is C14H16N2O3. The first-order chi connectivity index (χ1) is 9.08. The fourth-order valence-electron chi connectivity index (χ4n) is 2.81. The Morgan fingerprint density at radius 2 is 2.00 bits per heavy atom. The van der Waals surface area contributed by atoms with Crippen molar-refractivity contribution in [1.29, 1.82) is 0 Å². The highest BCUT2D eigenvalue weighted by Gasteiger charge is 2.46. The number of rotatable bonds is 3. The third-order valence-electron chi connectivity index (χ3n) is 3.98. The number of carboxylic acid groups (broad SMARTS) is 1. The molecule has 2 saturated heterocycles. The van der Waals surface area contributed by atoms with Gasteiger partial charge in [0.05, 0.1) is 5.56 Å². The molecule has 2 N–H and O–H groups in total. The Morgan fingerprint density at radius 3 is 2.47 bits per heavy atom. The summed E-state index contributed by atoms with van der Waals surface area (Å²) in [6.45, 7) is 3.22. The van der Waals surface area contributed by atoms with Crippen LogP contribution < -0.4 is 5.32 Å². The Balaban J connectivity index is 1.68. The van der Waals surface area contributed by atoms with E-state index in [2.05, 4.69) is 5.32 Å². The molecule has 0 radical (unpaired) electrons. The van der Waals surface area contributed by atoms with Crippen molar-refractivity contribution in [2.75, 3.05) is 19.6 Å². The van der Waals surface area contributed by atoms with Gasteiger partial charge in [0.2, 0.25) is 5.91 Å². The molecule has 1 amide bonds. The van der Waals surface area contributed by atoms with E-state index in [4.69, 9.17) is 5.11 Å². The maximum Gasteiger partial charge on any atom is 0.335 e. The van der Waals surface area contributed by atoms with Gasteiger partial charge in [-0.1, -0.05) is 12.1 Å². The second-order valence-corrected chi connectivity index (χ2v) is 5.53. The Hall–Kier alpha value is -1.88. The molecule has 2 heterocycles. The fourth-order valence-corrected chi connectivity index (χ4v) is 2.81. The monoisotopic (exact) mass is 260 g/mol. The van der Waals surface area contributed by atoms with E-state index in [9.17, 15) is 9.59 Å². The largest absolute Gasteiger partial charge is 0.478 e. The summed E-state index contributed by atoms with van der Waals surface area (Å²) in [5, 5.41) is 12.1. The average molecular weight is 260 g/mol. The van der Waals surface area contributed by atoms with Crippen molar-refractivity contribution < 1.29 is 14.7 Å². The minimum Gasteiger partial charge on any atom is -0.478 e. The van der Waals surface area contributed by atoms with Crippen LogP contribution in [0, 0.1) is 5.41 Å². The molecule has 0 aromatic heterocycles. The van der Waals surface area contributed by atoms with Crippen LogP contribution in [0.2, 0.25) is 0 Å². The van der Waals surface area contributed by atoms with Gasteiger partial charge in [0, 0.05) is 38.0 Å². The minimum absolute atomic E-state index is 0.151. The van der Waals surface area contributed by atoms with Gasteiger partial charge in [-0.3, -0.25) is 4.79 Å². The van der Waals surface area contributed by atoms with E-state index >= 15 is 0 Å². The van der Waals surface area contributed by atoms with Crippen LogP contribution in [-0.2, 0) is 11.3 Å². The molecule has 5 nitrogen and oxygen atoms in total. The highest BCUT2D eigenvalue weighted by atomic mass is 16.4. The van der Waals surface area contributed by atoms with E-state index in [1.165, 1.54) is 0 Å². The normalized spacial score (nSPS) is 20.6. The van der Waals surface area contributed by atoms with Gasteiger partial charge in [-0.15, -0.1) is 0 Å². The Bertz CT molecular complexity index is 520. The molecule has 1 aromatic rings. The summed E-state index contributed by atoms with van der Waals surface area (Å²) in [7, 11) is 0. The maximum atomic E-state index is 12.0. The molecule has 0 saturated carbocycles. The van der Waals surface area contributed by atoms with Gasteiger partial charge >= 0.3 is 5.97 Å². The van der Waals surface area contributed by atoms with Crippen molar-refractivity contribution in [3.63, 3.8) is 0 Å². The molecule has 3 rings (SSSR count). The molecule has 2 fully saturated rings. The second-order valence-electron chi connectivity index (χ2n) is 5.53. The summed E-state index contributed by atoms with van der Waals surface area (Å²) in [5.41, 5.74) is 1.40. The zero-order chi connectivity index (χ0) is 13.5. The lowest BCUT2D eigenvalue weighted by atomic mass is 9.81. The molecule has 1 spiro atoms. The standard InChI is InChI=1S/C14H16N2O3/c17-12-5-14(7-15-8-14)9-16(12)6-10-1-3-11(4-2-10)13(18)19/h1-4,15H,5-9H2,(H,18,19). The summed E-state index contributed by atoms with van der Waals surface area (Å²) in [6, 6.07) is 6.72. The number of amides is 1. The van der Waals surface area contributed by atoms with Gasteiger partial charge in [0.25, 0.3) is 0 Å². The molecule has 2 aliphatic rings. The smallest absolute Gasteiger partial charge is 0.335 e. The Kier molecular flexibility index (Phi) is 2.78. The number of likely N-dealkylation sites (tertiary alicyclic amines) is 1. The average Bonchev–Trinajstić information content (AvgIpc) is 2.68. The lowest BCUT2D eigenvalue weighted by molar-refractivity contribution is -0.128. The number of carbonyl (C=O) groups excluding carboxylic acids is 1. The Morgan fingerprint density at radius 1 is 1.32 bits per heavy atom. The highest BCUT2D eigenvalue weighted by Crippen LogP contribution is 2.35. The van der Waals surface area contributed by atoms with Crippen LogP contribution in [0.1, 0.15) is 22.3 Å². The van der Waals surface area contributed by atoms with Crippen LogP contribution in [0.25, 0.3) is 0 Å². The molecular weight excluding hydrogens is 244 g/mol. The quantitative estimate of drug-likeness (QED) is 0.839. The molecule has 5 heteroatoms. The van der Waals surface area contributed by atoms with Crippen molar-refractivity contribution in [3.05, 3.63) is 35.4 Å². The van der Waals surface area contributed by atoms with Gasteiger partial charge in [-0.05, 0) is 17.7 Å². The topological polar surface area (TPSA) is 69.6 Å². The zero-order valence-corrected chi connectivity index (χ0v) is 10.6. The van der Waals surface area contributed by atoms with Crippen LogP contribution in [0.4, 0.5) is 0 Å². The number of nitrogens with one attached hydrogen (secondary N) is 1. The zero-order valence-electron chi connectivity index (χ0n) is 10.6. The first-order valence-electron chi connectivity index (χ1n) is 6.39. The fraction of sp³-hybridized carbons (Fsp3) is 0.429. The highest BCUT2D eigenvalue weighted by molar-refractivity contribution is 5.87. The van der Waals surface area contributed by atoms with Gasteiger partial charge in [0.1, 0.15) is 0 Å². The summed E-state index contributed by atoms with van der Waals surface area (Å²) >= 11 is 0. The number of hydrogen-bond donors (Lipinski definition) is 2. The lowest BCUT2D eigenvalue weighted by Gasteiger charge is -2.38. The van der Waals surface area contributed by atoms with E-state index in [1.54, 1.807) is 24.3 Å². The van der Waals surface area contributed by atoms with Crippen LogP contribution in [0.5, 0.6) is 0 Å². The molecule has 2 aliphatic heterocycles. The predicted molar refractivity (Wildman–Crippen MR) is 68.7 cm³/mol. The number of carboxylic acids is 1. The van der Waals surface area contributed by atoms with Gasteiger partial charge in [-0.2, -0.15) is 0 Å². The first kappa shape index (κ1) is 12.2. The number of aromatic carboxylic acids is 1. The van der Waals surface area contributed by atoms with Crippen LogP contribution >= 0.6 is 0 Å². The number of nitrogens with zero attached hydrogens (tertiary/aromatic N) is 1. The molecule has 1 aromatic carbocycles. The molecule has 0 aliphatic carbocycles. The third-order valence-corrected chi connectivity index (χ3v) is 3.98. The second kappa shape index (κ2) is 4.35. The molecule has 0 atom stereocenters. The van der Waals surface area contributed by atoms with E-state index in [-0.39, 0.29) is 16.9 Å². The summed E-state index contributed by atoms with van der Waals surface area (Å²) in [5.74, 6) is -0.730. The molecule has 19 heavy (non-hydrogen) atoms. The van der Waals surface area contributed by atoms with Gasteiger partial charge in [0.15, 0.2) is 0 Å². The molecule has 100 valence electrons. The third kappa shape index (κ3) is 2.21. The van der Waals surface area contributed by atoms with E-state index in [0.29, 0.717) is 13.0 Å². The van der Waals surface area contributed by atoms with Gasteiger partial charge < -0.3 is 15.3 Å². The van der Waals surface area contributed by atoms with Crippen LogP contribution in [0.3, 0.4) is 0 Å². The molecule has 0 unspecified atom stereocenters. The summed E-state index contributed by atoms with van der Waals surface area (Å²) in [6.07, 6.45) is 0.632. The van der Waals surface area contributed by atoms with Gasteiger partial charge in [-0.25, -0.2) is 4.79 Å². The van der Waals surface area contributed by atoms with Crippen molar-refractivity contribution in [2.24, 2.45) is 5.41 Å². The number of carbonyl (C=O) groups is 2. The van der Waals surface area contributed by atoms with Crippen LogP contribution in [-0.4, -0.2) is 41.5 Å². The number of hydrogen-bond acceptors (Lipinski definition) is 3. The Labute approximate surface area is 111 Å². The maximum absolute atomic E-state index is 12.0. The number of benzene rings is 1. The van der Waals surface area contributed by atoms with E-state index in [0.717, 1.165) is 25.2 Å². The summed E-state index contributed by atoms with van der Waals surface area (Å²) in [4.78, 5) is 24.6. The predicted octanol–water partition coefficient (Wildman–Crippen LogP) is 0.707. The van der Waals surface area contributed by atoms with E-state index in [1.807, 2.05) is 4.90 Å². The first-order valence-corrected chi connectivity index (χ1v) is 6.39. The van der Waals surface area contributed by atoms with E-state index < -0.39 is 5.97 Å².